The molecule has 1 atom stereocenters. The number of aliphatic hydroxyl groups excluding tert-OH is 1. The first-order chi connectivity index (χ1) is 10.0. The minimum absolute atomic E-state index is 0.240. The molecule has 0 bridgehead atoms. The molecule has 0 aliphatic heterocycles. The van der Waals surface area contributed by atoms with Crippen molar-refractivity contribution < 1.29 is 9.50 Å². The van der Waals surface area contributed by atoms with Gasteiger partial charge in [-0.15, -0.1) is 11.3 Å². The van der Waals surface area contributed by atoms with E-state index in [2.05, 4.69) is 26.0 Å². The van der Waals surface area contributed by atoms with E-state index >= 15 is 0 Å². The molecule has 0 aliphatic carbocycles. The zero-order valence-corrected chi connectivity index (χ0v) is 12.9. The topological polar surface area (TPSA) is 20.2 Å². The summed E-state index contributed by atoms with van der Waals surface area (Å²) in [6.45, 7) is 4.13. The van der Waals surface area contributed by atoms with Crippen LogP contribution in [0.25, 0.3) is 10.1 Å². The maximum absolute atomic E-state index is 13.2. The summed E-state index contributed by atoms with van der Waals surface area (Å²) in [6.07, 6.45) is 0.0404. The molecule has 21 heavy (non-hydrogen) atoms. The molecule has 1 aromatic heterocycles. The highest BCUT2D eigenvalue weighted by molar-refractivity contribution is 7.19. The number of benzene rings is 2. The molecule has 3 heteroatoms. The van der Waals surface area contributed by atoms with Crippen molar-refractivity contribution in [2.45, 2.75) is 26.4 Å². The Hall–Kier alpha value is -1.71. The lowest BCUT2D eigenvalue weighted by atomic mass is 9.97. The summed E-state index contributed by atoms with van der Waals surface area (Å²) in [5.41, 5.74) is 3.58. The summed E-state index contributed by atoms with van der Waals surface area (Å²) in [7, 11) is 0. The van der Waals surface area contributed by atoms with Crippen molar-refractivity contribution in [3.05, 3.63) is 69.8 Å². The van der Waals surface area contributed by atoms with Gasteiger partial charge in [-0.2, -0.15) is 0 Å². The number of aliphatic hydroxyl groups is 1. The van der Waals surface area contributed by atoms with Gasteiger partial charge in [0.05, 0.1) is 6.10 Å². The SMILES string of the molecule is Cc1cccc(C)c1CC(O)c1cc2cc(F)ccc2s1. The third-order valence-corrected chi connectivity index (χ3v) is 5.09. The Morgan fingerprint density at radius 1 is 1.10 bits per heavy atom. The highest BCUT2D eigenvalue weighted by Crippen LogP contribution is 2.32. The first kappa shape index (κ1) is 14.2. The summed E-state index contributed by atoms with van der Waals surface area (Å²) < 4.78 is 14.2. The van der Waals surface area contributed by atoms with Crippen LogP contribution in [0.15, 0.2) is 42.5 Å². The molecule has 0 fully saturated rings. The van der Waals surface area contributed by atoms with Crippen LogP contribution in [0.5, 0.6) is 0 Å². The summed E-state index contributed by atoms with van der Waals surface area (Å²) in [6, 6.07) is 12.8. The van der Waals surface area contributed by atoms with Crippen LogP contribution in [-0.4, -0.2) is 5.11 Å². The molecule has 1 unspecified atom stereocenters. The minimum atomic E-state index is -0.551. The lowest BCUT2D eigenvalue weighted by Gasteiger charge is -2.13. The normalized spacial score (nSPS) is 12.8. The first-order valence-corrected chi connectivity index (χ1v) is 7.78. The van der Waals surface area contributed by atoms with Crippen LogP contribution in [0.1, 0.15) is 27.7 Å². The average molecular weight is 300 g/mol. The van der Waals surface area contributed by atoms with Crippen LogP contribution in [0, 0.1) is 19.7 Å². The molecule has 0 amide bonds. The van der Waals surface area contributed by atoms with Crippen molar-refractivity contribution in [2.24, 2.45) is 0 Å². The fourth-order valence-corrected chi connectivity index (χ4v) is 3.69. The Bertz CT molecular complexity index is 771. The second-order valence-electron chi connectivity index (χ2n) is 5.42. The van der Waals surface area contributed by atoms with Gasteiger partial charge >= 0.3 is 0 Å². The Morgan fingerprint density at radius 3 is 2.52 bits per heavy atom. The van der Waals surface area contributed by atoms with Crippen LogP contribution in [-0.2, 0) is 6.42 Å². The fraction of sp³-hybridized carbons (Fsp3) is 0.222. The molecule has 0 spiro atoms. The molecule has 0 saturated carbocycles. The highest BCUT2D eigenvalue weighted by atomic mass is 32.1. The van der Waals surface area contributed by atoms with Crippen LogP contribution >= 0.6 is 11.3 Å². The number of thiophene rings is 1. The quantitative estimate of drug-likeness (QED) is 0.727. The van der Waals surface area contributed by atoms with Crippen molar-refractivity contribution in [3.8, 4) is 0 Å². The first-order valence-electron chi connectivity index (χ1n) is 6.97. The summed E-state index contributed by atoms with van der Waals surface area (Å²) in [5, 5.41) is 11.4. The van der Waals surface area contributed by atoms with E-state index in [1.807, 2.05) is 12.1 Å². The molecule has 1 N–H and O–H groups in total. The van der Waals surface area contributed by atoms with Crippen molar-refractivity contribution in [3.63, 3.8) is 0 Å². The van der Waals surface area contributed by atoms with E-state index in [9.17, 15) is 9.50 Å². The Labute approximate surface area is 127 Å². The molecular formula is C18H17FOS. The van der Waals surface area contributed by atoms with Crippen LogP contribution in [0.3, 0.4) is 0 Å². The second kappa shape index (κ2) is 5.58. The number of rotatable bonds is 3. The van der Waals surface area contributed by atoms with E-state index in [1.54, 1.807) is 6.07 Å². The Kier molecular flexibility index (Phi) is 3.79. The molecule has 0 radical (unpaired) electrons. The Balaban J connectivity index is 1.91. The van der Waals surface area contributed by atoms with Gasteiger partial charge < -0.3 is 5.11 Å². The standard InChI is InChI=1S/C18H17FOS/c1-11-4-3-5-12(2)15(11)10-16(20)18-9-13-8-14(19)6-7-17(13)21-18/h3-9,16,20H,10H2,1-2H3. The van der Waals surface area contributed by atoms with Gasteiger partial charge in [0.1, 0.15) is 5.82 Å². The van der Waals surface area contributed by atoms with E-state index in [1.165, 1.54) is 40.2 Å². The van der Waals surface area contributed by atoms with Gasteiger partial charge in [-0.25, -0.2) is 4.39 Å². The average Bonchev–Trinajstić information content (AvgIpc) is 2.86. The largest absolute Gasteiger partial charge is 0.387 e. The van der Waals surface area contributed by atoms with Gasteiger partial charge in [-0.05, 0) is 60.2 Å². The monoisotopic (exact) mass is 300 g/mol. The smallest absolute Gasteiger partial charge is 0.123 e. The van der Waals surface area contributed by atoms with E-state index in [4.69, 9.17) is 0 Å². The molecule has 2 aromatic carbocycles. The van der Waals surface area contributed by atoms with Gasteiger partial charge in [0.15, 0.2) is 0 Å². The van der Waals surface area contributed by atoms with Crippen molar-refractivity contribution in [1.82, 2.24) is 0 Å². The minimum Gasteiger partial charge on any atom is -0.387 e. The molecule has 3 aromatic rings. The van der Waals surface area contributed by atoms with Crippen LogP contribution in [0.2, 0.25) is 0 Å². The highest BCUT2D eigenvalue weighted by Gasteiger charge is 2.15. The molecule has 108 valence electrons. The van der Waals surface area contributed by atoms with Gasteiger partial charge in [-0.1, -0.05) is 18.2 Å². The summed E-state index contributed by atoms with van der Waals surface area (Å²) in [5.74, 6) is -0.240. The van der Waals surface area contributed by atoms with Gasteiger partial charge in [0.2, 0.25) is 0 Å². The van der Waals surface area contributed by atoms with Crippen LogP contribution in [0.4, 0.5) is 4.39 Å². The predicted octanol–water partition coefficient (Wildman–Crippen LogP) is 4.93. The third kappa shape index (κ3) is 2.85. The molecule has 1 heterocycles. The summed E-state index contributed by atoms with van der Waals surface area (Å²) >= 11 is 1.53. The maximum atomic E-state index is 13.2. The lowest BCUT2D eigenvalue weighted by Crippen LogP contribution is -2.03. The Morgan fingerprint density at radius 2 is 1.81 bits per heavy atom. The van der Waals surface area contributed by atoms with Crippen molar-refractivity contribution in [1.29, 1.82) is 0 Å². The van der Waals surface area contributed by atoms with E-state index in [0.29, 0.717) is 6.42 Å². The number of fused-ring (bicyclic) bond motifs is 1. The lowest BCUT2D eigenvalue weighted by molar-refractivity contribution is 0.182. The number of hydrogen-bond donors (Lipinski definition) is 1. The van der Waals surface area contributed by atoms with Crippen LogP contribution < -0.4 is 0 Å². The molecule has 3 rings (SSSR count). The number of hydrogen-bond acceptors (Lipinski definition) is 2. The van der Waals surface area contributed by atoms with E-state index < -0.39 is 6.10 Å². The maximum Gasteiger partial charge on any atom is 0.123 e. The van der Waals surface area contributed by atoms with Crippen molar-refractivity contribution >= 4 is 21.4 Å². The van der Waals surface area contributed by atoms with E-state index in [0.717, 1.165) is 15.0 Å². The van der Waals surface area contributed by atoms with Gasteiger partial charge in [0.25, 0.3) is 0 Å². The fourth-order valence-electron chi connectivity index (χ4n) is 2.66. The second-order valence-corrected chi connectivity index (χ2v) is 6.54. The van der Waals surface area contributed by atoms with Crippen molar-refractivity contribution in [2.75, 3.05) is 0 Å². The number of halogens is 1. The van der Waals surface area contributed by atoms with Gasteiger partial charge in [-0.3, -0.25) is 0 Å². The molecule has 1 nitrogen and oxygen atoms in total. The molecular weight excluding hydrogens is 283 g/mol. The van der Waals surface area contributed by atoms with E-state index in [-0.39, 0.29) is 5.82 Å². The molecule has 0 saturated heterocycles. The van der Waals surface area contributed by atoms with Gasteiger partial charge in [0, 0.05) is 16.0 Å². The predicted molar refractivity (Wildman–Crippen MR) is 86.4 cm³/mol. The third-order valence-electron chi connectivity index (χ3n) is 3.87. The zero-order valence-electron chi connectivity index (χ0n) is 12.1. The summed E-state index contributed by atoms with van der Waals surface area (Å²) in [4.78, 5) is 0.887. The molecule has 0 aliphatic rings. The number of aryl methyl sites for hydroxylation is 2. The zero-order chi connectivity index (χ0) is 15.0.